The number of rotatable bonds is 4. The number of carbonyl (C=O) groups excluding carboxylic acids is 1. The molecule has 142 valence electrons. The number of aromatic nitrogens is 3. The number of aryl methyl sites for hydroxylation is 1. The van der Waals surface area contributed by atoms with Crippen molar-refractivity contribution < 1.29 is 13.6 Å². The maximum Gasteiger partial charge on any atom is 0.291 e. The van der Waals surface area contributed by atoms with Crippen LogP contribution in [0.2, 0.25) is 0 Å². The molecule has 1 amide bonds. The molecule has 0 unspecified atom stereocenters. The molecule has 0 saturated carbocycles. The van der Waals surface area contributed by atoms with Crippen molar-refractivity contribution in [1.29, 1.82) is 0 Å². The first kappa shape index (κ1) is 17.8. The number of nitrogens with zero attached hydrogens (tertiary/aromatic N) is 3. The molecule has 0 aliphatic carbocycles. The van der Waals surface area contributed by atoms with Crippen molar-refractivity contribution >= 4 is 22.3 Å². The predicted molar refractivity (Wildman–Crippen MR) is 99.9 cm³/mol. The highest BCUT2D eigenvalue weighted by molar-refractivity contribution is 5.87. The average molecular weight is 382 g/mol. The van der Waals surface area contributed by atoms with Crippen LogP contribution in [-0.4, -0.2) is 20.1 Å². The van der Waals surface area contributed by atoms with Gasteiger partial charge in [-0.15, -0.1) is 0 Å². The molecular formula is C20H16F2N4O2. The summed E-state index contributed by atoms with van der Waals surface area (Å²) < 4.78 is 29.1. The zero-order valence-corrected chi connectivity index (χ0v) is 14.9. The molecule has 2 aromatic carbocycles. The lowest BCUT2D eigenvalue weighted by Crippen LogP contribution is -2.34. The van der Waals surface area contributed by atoms with Crippen molar-refractivity contribution in [1.82, 2.24) is 19.5 Å². The van der Waals surface area contributed by atoms with Crippen molar-refractivity contribution in [3.05, 3.63) is 81.9 Å². The van der Waals surface area contributed by atoms with E-state index in [1.54, 1.807) is 35.6 Å². The van der Waals surface area contributed by atoms with Crippen LogP contribution in [-0.2, 0) is 17.9 Å². The van der Waals surface area contributed by atoms with Gasteiger partial charge in [-0.1, -0.05) is 12.1 Å². The second-order valence-electron chi connectivity index (χ2n) is 6.48. The fourth-order valence-electron chi connectivity index (χ4n) is 3.19. The Labute approximate surface area is 158 Å². The van der Waals surface area contributed by atoms with Crippen molar-refractivity contribution in [2.45, 2.75) is 20.0 Å². The second-order valence-corrected chi connectivity index (χ2v) is 6.48. The van der Waals surface area contributed by atoms with Gasteiger partial charge in [0.05, 0.1) is 5.52 Å². The van der Waals surface area contributed by atoms with Gasteiger partial charge in [0, 0.05) is 11.9 Å². The summed E-state index contributed by atoms with van der Waals surface area (Å²) in [6.07, 6.45) is 0. The van der Waals surface area contributed by atoms with Crippen molar-refractivity contribution in [3.8, 4) is 0 Å². The highest BCUT2D eigenvalue weighted by Gasteiger charge is 2.14. The van der Waals surface area contributed by atoms with E-state index in [2.05, 4.69) is 10.4 Å². The summed E-state index contributed by atoms with van der Waals surface area (Å²) >= 11 is 0. The van der Waals surface area contributed by atoms with Crippen molar-refractivity contribution in [3.63, 3.8) is 0 Å². The SMILES string of the molecule is Cc1nn(CC(=O)NCc2ccc(F)cc2)c(=O)c2cc3cc(F)ccc3n12. The zero-order valence-electron chi connectivity index (χ0n) is 14.9. The Morgan fingerprint density at radius 2 is 1.75 bits per heavy atom. The normalized spacial score (nSPS) is 11.2. The fraction of sp³-hybridized carbons (Fsp3) is 0.150. The van der Waals surface area contributed by atoms with E-state index in [9.17, 15) is 18.4 Å². The Morgan fingerprint density at radius 3 is 2.50 bits per heavy atom. The molecule has 0 atom stereocenters. The van der Waals surface area contributed by atoms with Crippen LogP contribution in [0.1, 0.15) is 11.4 Å². The van der Waals surface area contributed by atoms with Crippen LogP contribution in [0, 0.1) is 18.6 Å². The van der Waals surface area contributed by atoms with Crippen LogP contribution in [0.15, 0.2) is 53.3 Å². The molecule has 0 aliphatic rings. The summed E-state index contributed by atoms with van der Waals surface area (Å²) in [5, 5.41) is 7.48. The lowest BCUT2D eigenvalue weighted by atomic mass is 10.2. The molecule has 0 bridgehead atoms. The summed E-state index contributed by atoms with van der Waals surface area (Å²) in [5.41, 5.74) is 1.28. The number of fused-ring (bicyclic) bond motifs is 3. The molecule has 0 radical (unpaired) electrons. The standard InChI is InChI=1S/C20H16F2N4O2/c1-12-24-25(11-19(27)23-10-13-2-4-15(21)5-3-13)20(28)18-9-14-8-16(22)6-7-17(14)26(12)18/h2-9H,10-11H2,1H3,(H,23,27). The smallest absolute Gasteiger partial charge is 0.291 e. The van der Waals surface area contributed by atoms with Crippen molar-refractivity contribution in [2.24, 2.45) is 0 Å². The molecular weight excluding hydrogens is 366 g/mol. The first-order valence-electron chi connectivity index (χ1n) is 8.62. The van der Waals surface area contributed by atoms with E-state index in [0.29, 0.717) is 22.2 Å². The highest BCUT2D eigenvalue weighted by atomic mass is 19.1. The number of nitrogens with one attached hydrogen (secondary N) is 1. The van der Waals surface area contributed by atoms with Crippen LogP contribution in [0.4, 0.5) is 8.78 Å². The molecule has 1 N–H and O–H groups in total. The molecule has 0 aliphatic heterocycles. The second kappa shape index (κ2) is 6.88. The molecule has 0 fully saturated rings. The van der Waals surface area contributed by atoms with Gasteiger partial charge in [0.25, 0.3) is 5.56 Å². The summed E-state index contributed by atoms with van der Waals surface area (Å²) in [6.45, 7) is 1.67. The third-order valence-electron chi connectivity index (χ3n) is 4.50. The maximum absolute atomic E-state index is 13.5. The molecule has 0 spiro atoms. The number of benzene rings is 2. The lowest BCUT2D eigenvalue weighted by molar-refractivity contribution is -0.122. The average Bonchev–Trinajstić information content (AvgIpc) is 3.04. The number of hydrogen-bond acceptors (Lipinski definition) is 3. The Balaban J connectivity index is 1.61. The zero-order chi connectivity index (χ0) is 19.8. The van der Waals surface area contributed by atoms with Gasteiger partial charge in [-0.2, -0.15) is 5.10 Å². The Bertz CT molecular complexity index is 1260. The minimum absolute atomic E-state index is 0.212. The molecule has 2 heterocycles. The molecule has 4 aromatic rings. The predicted octanol–water partition coefficient (Wildman–Crippen LogP) is 2.55. The first-order chi connectivity index (χ1) is 13.4. The van der Waals surface area contributed by atoms with Crippen LogP contribution >= 0.6 is 0 Å². The number of hydrogen-bond donors (Lipinski definition) is 1. The Morgan fingerprint density at radius 1 is 1.04 bits per heavy atom. The molecule has 4 rings (SSSR count). The van der Waals surface area contributed by atoms with E-state index in [0.717, 1.165) is 10.2 Å². The van der Waals surface area contributed by atoms with E-state index < -0.39 is 17.3 Å². The topological polar surface area (TPSA) is 68.4 Å². The van der Waals surface area contributed by atoms with Gasteiger partial charge in [0.2, 0.25) is 5.91 Å². The summed E-state index contributed by atoms with van der Waals surface area (Å²) in [6, 6.07) is 11.6. The van der Waals surface area contributed by atoms with E-state index in [4.69, 9.17) is 0 Å². The van der Waals surface area contributed by atoms with Crippen LogP contribution in [0.5, 0.6) is 0 Å². The van der Waals surface area contributed by atoms with Gasteiger partial charge in [-0.25, -0.2) is 13.5 Å². The molecule has 28 heavy (non-hydrogen) atoms. The van der Waals surface area contributed by atoms with Gasteiger partial charge in [-0.3, -0.25) is 14.0 Å². The third kappa shape index (κ3) is 3.24. The number of halogens is 2. The maximum atomic E-state index is 13.5. The van der Waals surface area contributed by atoms with Gasteiger partial charge in [0.15, 0.2) is 0 Å². The number of amides is 1. The minimum atomic E-state index is -0.445. The van der Waals surface area contributed by atoms with Gasteiger partial charge >= 0.3 is 0 Å². The van der Waals surface area contributed by atoms with Crippen LogP contribution < -0.4 is 10.9 Å². The summed E-state index contributed by atoms with van der Waals surface area (Å²) in [5.74, 6) is -0.643. The fourth-order valence-corrected chi connectivity index (χ4v) is 3.19. The lowest BCUT2D eigenvalue weighted by Gasteiger charge is -2.09. The van der Waals surface area contributed by atoms with Gasteiger partial charge in [0.1, 0.15) is 29.5 Å². The van der Waals surface area contributed by atoms with Crippen molar-refractivity contribution in [2.75, 3.05) is 0 Å². The third-order valence-corrected chi connectivity index (χ3v) is 4.50. The molecule has 8 heteroatoms. The molecule has 6 nitrogen and oxygen atoms in total. The number of carbonyl (C=O) groups is 1. The monoisotopic (exact) mass is 382 g/mol. The quantitative estimate of drug-likeness (QED) is 0.590. The Hall–Kier alpha value is -3.55. The largest absolute Gasteiger partial charge is 0.350 e. The van der Waals surface area contributed by atoms with E-state index in [-0.39, 0.29) is 18.9 Å². The van der Waals surface area contributed by atoms with Gasteiger partial charge < -0.3 is 5.32 Å². The highest BCUT2D eigenvalue weighted by Crippen LogP contribution is 2.20. The summed E-state index contributed by atoms with van der Waals surface area (Å²) in [7, 11) is 0. The van der Waals surface area contributed by atoms with Crippen LogP contribution in [0.3, 0.4) is 0 Å². The first-order valence-corrected chi connectivity index (χ1v) is 8.62. The Kier molecular flexibility index (Phi) is 4.38. The minimum Gasteiger partial charge on any atom is -0.350 e. The van der Waals surface area contributed by atoms with E-state index in [1.165, 1.54) is 24.3 Å². The van der Waals surface area contributed by atoms with Gasteiger partial charge in [-0.05, 0) is 48.9 Å². The van der Waals surface area contributed by atoms with E-state index >= 15 is 0 Å². The molecule has 0 saturated heterocycles. The summed E-state index contributed by atoms with van der Waals surface area (Å²) in [4.78, 5) is 25.0. The van der Waals surface area contributed by atoms with E-state index in [1.807, 2.05) is 0 Å². The molecule has 2 aromatic heterocycles. The van der Waals surface area contributed by atoms with Crippen LogP contribution in [0.25, 0.3) is 16.4 Å².